The Bertz CT molecular complexity index is 1010. The molecule has 33 heavy (non-hydrogen) atoms. The number of amides is 2. The van der Waals surface area contributed by atoms with E-state index in [0.29, 0.717) is 5.75 Å². The Kier molecular flexibility index (Phi) is 7.75. The van der Waals surface area contributed by atoms with Gasteiger partial charge in [-0.2, -0.15) is 0 Å². The maximum absolute atomic E-state index is 12.8. The van der Waals surface area contributed by atoms with Gasteiger partial charge in [0.25, 0.3) is 11.8 Å². The summed E-state index contributed by atoms with van der Waals surface area (Å²) in [6.45, 7) is 3.04. The number of rotatable bonds is 8. The molecule has 2 aliphatic heterocycles. The van der Waals surface area contributed by atoms with Crippen molar-refractivity contribution in [1.29, 1.82) is 0 Å². The number of ether oxygens (including phenoxy) is 3. The molecule has 3 rings (SSSR count). The van der Waals surface area contributed by atoms with Gasteiger partial charge in [0.2, 0.25) is 6.29 Å². The summed E-state index contributed by atoms with van der Waals surface area (Å²) in [7, 11) is 1.27. The van der Waals surface area contributed by atoms with Crippen molar-refractivity contribution in [1.82, 2.24) is 15.2 Å². The molecule has 0 bridgehead atoms. The number of carbonyl (C=O) groups excluding carboxylic acids is 4. The van der Waals surface area contributed by atoms with E-state index < -0.39 is 41.6 Å². The van der Waals surface area contributed by atoms with Crippen LogP contribution in [0.2, 0.25) is 0 Å². The first-order valence-corrected chi connectivity index (χ1v) is 11.5. The molecule has 3 N–H and O–H groups in total. The highest BCUT2D eigenvalue weighted by Crippen LogP contribution is 2.38. The van der Waals surface area contributed by atoms with Gasteiger partial charge in [-0.1, -0.05) is 5.16 Å². The molecular weight excluding hydrogens is 478 g/mol. The van der Waals surface area contributed by atoms with Gasteiger partial charge >= 0.3 is 12.1 Å². The second-order valence-corrected chi connectivity index (χ2v) is 8.48. The van der Waals surface area contributed by atoms with Crippen LogP contribution in [0.5, 0.6) is 0 Å². The molecule has 3 heterocycles. The monoisotopic (exact) mass is 499 g/mol. The summed E-state index contributed by atoms with van der Waals surface area (Å²) in [5.74, 6) is -1.66. The average Bonchev–Trinajstić information content (AvgIpc) is 3.20. The Balaban J connectivity index is 1.64. The van der Waals surface area contributed by atoms with E-state index >= 15 is 0 Å². The first kappa shape index (κ1) is 24.3. The fraction of sp³-hybridized carbons (Fsp3) is 0.444. The summed E-state index contributed by atoms with van der Waals surface area (Å²) in [6, 6.07) is -0.912. The second-order valence-electron chi connectivity index (χ2n) is 6.44. The molecule has 0 spiro atoms. The SMILES string of the molecule is CCOC(=O)OC(C)OC(=O)C1=CCS[C@@H]2C(NC(=O)C(=NOC)c3csc(N)n3)C(=O)N12. The molecular formula is C18H21N5O8S2. The Morgan fingerprint density at radius 3 is 2.79 bits per heavy atom. The number of carbonyl (C=O) groups is 4. The lowest BCUT2D eigenvalue weighted by Gasteiger charge is -2.48. The summed E-state index contributed by atoms with van der Waals surface area (Å²) in [6.07, 6.45) is -0.690. The molecule has 1 aromatic rings. The van der Waals surface area contributed by atoms with E-state index in [9.17, 15) is 19.2 Å². The number of thioether (sulfide) groups is 1. The van der Waals surface area contributed by atoms with Crippen LogP contribution in [0, 0.1) is 0 Å². The lowest BCUT2D eigenvalue weighted by atomic mass is 10.0. The van der Waals surface area contributed by atoms with Crippen molar-refractivity contribution in [3.8, 4) is 0 Å². The highest BCUT2D eigenvalue weighted by molar-refractivity contribution is 8.00. The van der Waals surface area contributed by atoms with Gasteiger partial charge in [0.15, 0.2) is 10.8 Å². The summed E-state index contributed by atoms with van der Waals surface area (Å²) < 4.78 is 14.5. The predicted molar refractivity (Wildman–Crippen MR) is 117 cm³/mol. The Labute approximate surface area is 196 Å². The summed E-state index contributed by atoms with van der Waals surface area (Å²) in [5, 5.41) is 7.51. The van der Waals surface area contributed by atoms with Crippen LogP contribution >= 0.6 is 23.1 Å². The molecule has 13 nitrogen and oxygen atoms in total. The number of β-lactam (4-membered cyclic amide) rings is 1. The first-order chi connectivity index (χ1) is 15.8. The third-order valence-electron chi connectivity index (χ3n) is 4.30. The van der Waals surface area contributed by atoms with Gasteiger partial charge in [0, 0.05) is 18.1 Å². The van der Waals surface area contributed by atoms with Crippen molar-refractivity contribution in [2.45, 2.75) is 31.6 Å². The summed E-state index contributed by atoms with van der Waals surface area (Å²) in [5.41, 5.74) is 5.67. The molecule has 1 saturated heterocycles. The third-order valence-corrected chi connectivity index (χ3v) is 6.16. The number of nitrogen functional groups attached to an aromatic ring is 1. The molecule has 15 heteroatoms. The number of aromatic nitrogens is 1. The first-order valence-electron chi connectivity index (χ1n) is 9.59. The molecule has 2 aliphatic rings. The number of nitrogens with two attached hydrogens (primary N) is 1. The standard InChI is InChI=1S/C18H21N5O8S2/c1-4-29-18(27)31-8(2)30-16(26)10-5-6-32-15-12(14(25)23(10)15)21-13(24)11(22-28-3)9-7-33-17(19)20-9/h5,7-8,12,15H,4,6H2,1-3H3,(H2,19,20)(H,21,24)/t8?,12?,15-/m1/s1. The van der Waals surface area contributed by atoms with Gasteiger partial charge in [-0.25, -0.2) is 14.6 Å². The number of nitrogens with one attached hydrogen (secondary N) is 1. The zero-order valence-electron chi connectivity index (χ0n) is 17.8. The van der Waals surface area contributed by atoms with Gasteiger partial charge in [0.1, 0.15) is 29.9 Å². The molecule has 1 fully saturated rings. The number of nitrogens with zero attached hydrogens (tertiary/aromatic N) is 3. The maximum atomic E-state index is 12.8. The maximum Gasteiger partial charge on any atom is 0.511 e. The number of hydrogen-bond acceptors (Lipinski definition) is 13. The van der Waals surface area contributed by atoms with Crippen LogP contribution in [0.3, 0.4) is 0 Å². The lowest BCUT2D eigenvalue weighted by Crippen LogP contribution is -2.70. The van der Waals surface area contributed by atoms with Gasteiger partial charge in [-0.05, 0) is 13.0 Å². The van der Waals surface area contributed by atoms with Crippen molar-refractivity contribution in [3.05, 3.63) is 22.8 Å². The Morgan fingerprint density at radius 2 is 2.15 bits per heavy atom. The second kappa shape index (κ2) is 10.5. The highest BCUT2D eigenvalue weighted by atomic mass is 32.2. The lowest BCUT2D eigenvalue weighted by molar-refractivity contribution is -0.168. The highest BCUT2D eigenvalue weighted by Gasteiger charge is 2.53. The third kappa shape index (κ3) is 5.36. The van der Waals surface area contributed by atoms with Crippen LogP contribution < -0.4 is 11.1 Å². The van der Waals surface area contributed by atoms with Crippen LogP contribution in [-0.2, 0) is 33.4 Å². The van der Waals surface area contributed by atoms with E-state index in [1.165, 1.54) is 42.2 Å². The number of hydrogen-bond donors (Lipinski definition) is 2. The predicted octanol–water partition coefficient (Wildman–Crippen LogP) is 0.422. The largest absolute Gasteiger partial charge is 0.511 e. The van der Waals surface area contributed by atoms with E-state index in [2.05, 4.69) is 20.2 Å². The average molecular weight is 500 g/mol. The van der Waals surface area contributed by atoms with Gasteiger partial charge in [-0.3, -0.25) is 14.5 Å². The van der Waals surface area contributed by atoms with Gasteiger partial charge in [-0.15, -0.1) is 23.1 Å². The molecule has 0 aromatic carbocycles. The van der Waals surface area contributed by atoms with Crippen molar-refractivity contribution in [2.75, 3.05) is 25.2 Å². The Morgan fingerprint density at radius 1 is 1.39 bits per heavy atom. The van der Waals surface area contributed by atoms with Gasteiger partial charge < -0.3 is 30.1 Å². The van der Waals surface area contributed by atoms with Crippen molar-refractivity contribution in [3.63, 3.8) is 0 Å². The topological polar surface area (TPSA) is 172 Å². The van der Waals surface area contributed by atoms with E-state index in [1.807, 2.05) is 0 Å². The quantitative estimate of drug-likeness (QED) is 0.167. The summed E-state index contributed by atoms with van der Waals surface area (Å²) in [4.78, 5) is 59.3. The Hall–Kier alpha value is -3.33. The zero-order valence-corrected chi connectivity index (χ0v) is 19.4. The number of fused-ring (bicyclic) bond motifs is 1. The molecule has 1 aromatic heterocycles. The number of thiazole rings is 1. The smallest absolute Gasteiger partial charge is 0.435 e. The van der Waals surface area contributed by atoms with Crippen LogP contribution in [0.1, 0.15) is 19.5 Å². The molecule has 0 aliphatic carbocycles. The van der Waals surface area contributed by atoms with Crippen molar-refractivity contribution < 1.29 is 38.2 Å². The minimum atomic E-state index is -1.23. The minimum Gasteiger partial charge on any atom is -0.435 e. The van der Waals surface area contributed by atoms with Crippen LogP contribution in [-0.4, -0.2) is 76.7 Å². The van der Waals surface area contributed by atoms with Crippen LogP contribution in [0.4, 0.5) is 9.93 Å². The molecule has 2 unspecified atom stereocenters. The zero-order chi connectivity index (χ0) is 24.1. The molecule has 178 valence electrons. The van der Waals surface area contributed by atoms with E-state index in [-0.39, 0.29) is 28.8 Å². The molecule has 0 saturated carbocycles. The normalized spacial score (nSPS) is 20.6. The summed E-state index contributed by atoms with van der Waals surface area (Å²) >= 11 is 2.47. The molecule has 3 atom stereocenters. The van der Waals surface area contributed by atoms with Crippen LogP contribution in [0.25, 0.3) is 0 Å². The van der Waals surface area contributed by atoms with Crippen molar-refractivity contribution in [2.24, 2.45) is 5.16 Å². The van der Waals surface area contributed by atoms with E-state index in [0.717, 1.165) is 11.3 Å². The number of esters is 1. The fourth-order valence-corrected chi connectivity index (χ4v) is 4.70. The molecule has 0 radical (unpaired) electrons. The minimum absolute atomic E-state index is 0.00776. The fourth-order valence-electron chi connectivity index (χ4n) is 2.95. The number of anilines is 1. The van der Waals surface area contributed by atoms with Gasteiger partial charge in [0.05, 0.1) is 6.61 Å². The van der Waals surface area contributed by atoms with E-state index in [4.69, 9.17) is 20.0 Å². The number of oxime groups is 1. The molecule has 2 amide bonds. The van der Waals surface area contributed by atoms with Crippen molar-refractivity contribution >= 4 is 57.9 Å². The van der Waals surface area contributed by atoms with E-state index in [1.54, 1.807) is 6.92 Å². The van der Waals surface area contributed by atoms with Crippen LogP contribution in [0.15, 0.2) is 22.3 Å².